The fraction of sp³-hybridized carbons (Fsp3) is 0.419. The van der Waals surface area contributed by atoms with Crippen molar-refractivity contribution in [2.45, 2.75) is 99.8 Å². The molecule has 5 rings (SSSR count). The van der Waals surface area contributed by atoms with Gasteiger partial charge in [0.1, 0.15) is 6.33 Å². The Bertz CT molecular complexity index is 1860. The number of rotatable bonds is 11. The molecule has 49 heavy (non-hydrogen) atoms. The molecule has 0 aliphatic heterocycles. The van der Waals surface area contributed by atoms with Crippen LogP contribution in [-0.4, -0.2) is 20.9 Å². The van der Waals surface area contributed by atoms with Crippen LogP contribution in [0.25, 0.3) is 43.4 Å². The van der Waals surface area contributed by atoms with Crippen molar-refractivity contribution in [2.75, 3.05) is 0 Å². The molecule has 2 heterocycles. The van der Waals surface area contributed by atoms with E-state index < -0.39 is 0 Å². The molecule has 0 amide bonds. The number of aliphatic hydroxyl groups excluding tert-OH is 1. The van der Waals surface area contributed by atoms with Gasteiger partial charge in [0.15, 0.2) is 5.78 Å². The summed E-state index contributed by atoms with van der Waals surface area (Å²) in [6.07, 6.45) is 7.70. The average Bonchev–Trinajstić information content (AvgIpc) is 3.46. The SMILES string of the molecule is CC(C)Cc1cc2cc(-c3cc(-c4[c-]c5ccccc5c(C(C)(C)C)c4)ncn3)ccc2s1.CCC(CC)C(=O)/C=C(\O)C(CC)CC.[Ir]. The predicted octanol–water partition coefficient (Wildman–Crippen LogP) is 12.3. The smallest absolute Gasteiger partial charge is 0.162 e. The first-order valence-electron chi connectivity index (χ1n) is 17.6. The fourth-order valence-corrected chi connectivity index (χ4v) is 7.45. The minimum atomic E-state index is 0. The van der Waals surface area contributed by atoms with Crippen molar-refractivity contribution >= 4 is 38.0 Å². The minimum Gasteiger partial charge on any atom is -0.512 e. The Labute approximate surface area is 311 Å². The zero-order valence-electron chi connectivity index (χ0n) is 30.7. The molecule has 0 bridgehead atoms. The maximum atomic E-state index is 11.7. The maximum absolute atomic E-state index is 11.7. The number of carbonyl (C=O) groups is 1. The van der Waals surface area contributed by atoms with Crippen molar-refractivity contribution in [2.24, 2.45) is 17.8 Å². The second-order valence-electron chi connectivity index (χ2n) is 14.2. The molecule has 3 aromatic carbocycles. The molecule has 2 aromatic heterocycles. The van der Waals surface area contributed by atoms with E-state index in [1.807, 2.05) is 39.0 Å². The van der Waals surface area contributed by atoms with Crippen LogP contribution in [0.3, 0.4) is 0 Å². The Balaban J connectivity index is 0.000000347. The molecule has 6 heteroatoms. The van der Waals surface area contributed by atoms with E-state index in [1.165, 1.54) is 32.0 Å². The van der Waals surface area contributed by atoms with Crippen molar-refractivity contribution < 1.29 is 30.0 Å². The summed E-state index contributed by atoms with van der Waals surface area (Å²) in [6, 6.07) is 25.4. The van der Waals surface area contributed by atoms with Gasteiger partial charge in [-0.15, -0.1) is 40.5 Å². The number of benzene rings is 3. The van der Waals surface area contributed by atoms with Gasteiger partial charge in [-0.1, -0.05) is 97.5 Å². The van der Waals surface area contributed by atoms with Gasteiger partial charge in [-0.25, -0.2) is 4.98 Å². The number of allylic oxidation sites excluding steroid dienone is 2. The maximum Gasteiger partial charge on any atom is 0.162 e. The van der Waals surface area contributed by atoms with E-state index in [-0.39, 0.29) is 48.9 Å². The standard InChI is InChI=1S/C30H29N2S.C13H24O2.Ir/c1-19(2)12-24-15-23-14-21(10-11-29(23)33-24)27-17-28(32-18-31-27)22-13-20-8-6-7-9-25(20)26(16-22)30(3,4)5;1-5-10(6-2)12(14)9-13(15)11(7-3)8-4;/h6-11,14-19H,12H2,1-5H3;9-11,14H,5-8H2,1-4H3;/q-1;;/b;12-9-;. The van der Waals surface area contributed by atoms with Crippen molar-refractivity contribution in [1.82, 2.24) is 9.97 Å². The summed E-state index contributed by atoms with van der Waals surface area (Å²) in [7, 11) is 0. The van der Waals surface area contributed by atoms with Crippen LogP contribution >= 0.6 is 11.3 Å². The third-order valence-corrected chi connectivity index (χ3v) is 10.2. The molecule has 0 fully saturated rings. The molecule has 0 atom stereocenters. The van der Waals surface area contributed by atoms with Crippen molar-refractivity contribution in [3.8, 4) is 22.5 Å². The molecule has 5 aromatic rings. The quantitative estimate of drug-likeness (QED) is 0.0817. The predicted molar refractivity (Wildman–Crippen MR) is 206 cm³/mol. The molecule has 0 saturated heterocycles. The van der Waals surface area contributed by atoms with E-state index in [9.17, 15) is 9.90 Å². The summed E-state index contributed by atoms with van der Waals surface area (Å²) >= 11 is 1.90. The first kappa shape index (κ1) is 40.3. The van der Waals surface area contributed by atoms with Crippen molar-refractivity contribution in [1.29, 1.82) is 0 Å². The van der Waals surface area contributed by atoms with Crippen LogP contribution in [-0.2, 0) is 36.7 Å². The van der Waals surface area contributed by atoms with Crippen molar-refractivity contribution in [3.63, 3.8) is 0 Å². The molecule has 0 unspecified atom stereocenters. The topological polar surface area (TPSA) is 63.1 Å². The van der Waals surface area contributed by atoms with Gasteiger partial charge in [-0.2, -0.15) is 0 Å². The van der Waals surface area contributed by atoms with E-state index in [4.69, 9.17) is 0 Å². The monoisotopic (exact) mass is 854 g/mol. The summed E-state index contributed by atoms with van der Waals surface area (Å²) in [4.78, 5) is 22.4. The van der Waals surface area contributed by atoms with E-state index in [0.29, 0.717) is 5.92 Å². The Hall–Kier alpha value is -3.18. The number of hydrogen-bond donors (Lipinski definition) is 1. The van der Waals surface area contributed by atoms with Gasteiger partial charge in [-0.3, -0.25) is 9.78 Å². The Kier molecular flexibility index (Phi) is 14.9. The second kappa shape index (κ2) is 18.2. The number of carbonyl (C=O) groups excluding carboxylic acids is 1. The molecule has 0 saturated carbocycles. The number of thiophene rings is 1. The zero-order valence-corrected chi connectivity index (χ0v) is 33.9. The molecule has 4 nitrogen and oxygen atoms in total. The van der Waals surface area contributed by atoms with Crippen LogP contribution < -0.4 is 0 Å². The largest absolute Gasteiger partial charge is 0.512 e. The van der Waals surface area contributed by atoms with Gasteiger partial charge >= 0.3 is 0 Å². The van der Waals surface area contributed by atoms with Crippen LogP contribution in [0.15, 0.2) is 78.8 Å². The van der Waals surface area contributed by atoms with Gasteiger partial charge in [0.2, 0.25) is 0 Å². The molecule has 1 N–H and O–H groups in total. The Morgan fingerprint density at radius 1 is 0.878 bits per heavy atom. The molecular weight excluding hydrogens is 801 g/mol. The van der Waals surface area contributed by atoms with E-state index >= 15 is 0 Å². The van der Waals surface area contributed by atoms with Crippen LogP contribution in [0.5, 0.6) is 0 Å². The normalized spacial score (nSPS) is 12.0. The Morgan fingerprint density at radius 3 is 2.16 bits per heavy atom. The van der Waals surface area contributed by atoms with E-state index in [0.717, 1.165) is 60.0 Å². The van der Waals surface area contributed by atoms with Crippen LogP contribution in [0, 0.1) is 23.8 Å². The Morgan fingerprint density at radius 2 is 1.53 bits per heavy atom. The molecular formula is C43H53IrN2O2S-. The zero-order chi connectivity index (χ0) is 35.0. The average molecular weight is 854 g/mol. The molecule has 0 aliphatic rings. The third-order valence-electron chi connectivity index (χ3n) is 9.08. The summed E-state index contributed by atoms with van der Waals surface area (Å²) in [5.74, 6) is 1.21. The van der Waals surface area contributed by atoms with E-state index in [1.54, 1.807) is 6.33 Å². The summed E-state index contributed by atoms with van der Waals surface area (Å²) in [5, 5.41) is 13.4. The minimum absolute atomic E-state index is 0. The number of aromatic nitrogens is 2. The summed E-state index contributed by atoms with van der Waals surface area (Å²) in [5.41, 5.74) is 5.32. The van der Waals surface area contributed by atoms with Gasteiger partial charge in [0.25, 0.3) is 0 Å². The number of aliphatic hydroxyl groups is 1. The molecule has 0 spiro atoms. The van der Waals surface area contributed by atoms with Crippen LogP contribution in [0.1, 0.15) is 98.4 Å². The van der Waals surface area contributed by atoms with Gasteiger partial charge < -0.3 is 5.11 Å². The summed E-state index contributed by atoms with van der Waals surface area (Å²) < 4.78 is 1.33. The number of nitrogens with zero attached hydrogens (tertiary/aromatic N) is 2. The second-order valence-corrected chi connectivity index (χ2v) is 15.4. The van der Waals surface area contributed by atoms with Crippen LogP contribution in [0.4, 0.5) is 0 Å². The van der Waals surface area contributed by atoms with Gasteiger partial charge in [0.05, 0.1) is 11.5 Å². The van der Waals surface area contributed by atoms with Gasteiger partial charge in [-0.05, 0) is 73.1 Å². The van der Waals surface area contributed by atoms with Crippen molar-refractivity contribution in [3.05, 3.63) is 95.3 Å². The third kappa shape index (κ3) is 10.4. The number of ketones is 1. The first-order chi connectivity index (χ1) is 22.9. The molecule has 0 aliphatic carbocycles. The fourth-order valence-electron chi connectivity index (χ4n) is 6.19. The van der Waals surface area contributed by atoms with Gasteiger partial charge in [0, 0.05) is 58.9 Å². The summed E-state index contributed by atoms with van der Waals surface area (Å²) in [6.45, 7) is 19.4. The number of hydrogen-bond acceptors (Lipinski definition) is 5. The first-order valence-corrected chi connectivity index (χ1v) is 18.4. The number of fused-ring (bicyclic) bond motifs is 2. The molecule has 263 valence electrons. The molecule has 1 radical (unpaired) electrons. The van der Waals surface area contributed by atoms with Crippen LogP contribution in [0.2, 0.25) is 0 Å². The van der Waals surface area contributed by atoms with E-state index in [2.05, 4.69) is 111 Å².